The van der Waals surface area contributed by atoms with Crippen LogP contribution in [0.1, 0.15) is 17.5 Å². The summed E-state index contributed by atoms with van der Waals surface area (Å²) in [7, 11) is 0. The van der Waals surface area contributed by atoms with Gasteiger partial charge in [0.2, 0.25) is 5.91 Å². The number of carboxylic acid groups (broad SMARTS) is 1. The Morgan fingerprint density at radius 2 is 2.00 bits per heavy atom. The van der Waals surface area contributed by atoms with Crippen molar-refractivity contribution in [1.82, 2.24) is 5.32 Å². The lowest BCUT2D eigenvalue weighted by molar-refractivity contribution is -0.138. The average molecular weight is 306 g/mol. The molecule has 0 saturated heterocycles. The molecule has 0 aliphatic carbocycles. The molecule has 1 rings (SSSR count). The smallest absolute Gasteiger partial charge is 0.305 e. The summed E-state index contributed by atoms with van der Waals surface area (Å²) < 4.78 is 0. The second-order valence-electron chi connectivity index (χ2n) is 4.65. The van der Waals surface area contributed by atoms with Gasteiger partial charge in [0.25, 0.3) is 0 Å². The van der Waals surface area contributed by atoms with Gasteiger partial charge in [-0.25, -0.2) is 4.99 Å². The summed E-state index contributed by atoms with van der Waals surface area (Å²) in [6.45, 7) is 0.299. The van der Waals surface area contributed by atoms with E-state index in [0.29, 0.717) is 18.4 Å². The zero-order chi connectivity index (χ0) is 16.5. The lowest BCUT2D eigenvalue weighted by Gasteiger charge is -2.10. The van der Waals surface area contributed by atoms with Crippen LogP contribution in [0.5, 0.6) is 0 Å². The summed E-state index contributed by atoms with van der Waals surface area (Å²) in [5.74, 6) is -1.61. The monoisotopic (exact) mass is 306 g/mol. The van der Waals surface area contributed by atoms with E-state index in [4.69, 9.17) is 16.6 Å². The van der Waals surface area contributed by atoms with Gasteiger partial charge in [-0.2, -0.15) is 0 Å². The van der Waals surface area contributed by atoms with Crippen LogP contribution in [0.15, 0.2) is 29.3 Å². The Bertz CT molecular complexity index is 582. The zero-order valence-electron chi connectivity index (χ0n) is 11.9. The molecule has 0 radical (unpaired) electrons. The van der Waals surface area contributed by atoms with Gasteiger partial charge in [-0.15, -0.1) is 0 Å². The molecule has 0 aliphatic heterocycles. The minimum atomic E-state index is -1.16. The lowest BCUT2D eigenvalue weighted by atomic mass is 10.1. The van der Waals surface area contributed by atoms with E-state index in [0.717, 1.165) is 5.56 Å². The van der Waals surface area contributed by atoms with Gasteiger partial charge in [-0.05, 0) is 11.1 Å². The Balaban J connectivity index is 2.64. The van der Waals surface area contributed by atoms with Crippen molar-refractivity contribution in [3.8, 4) is 0 Å². The van der Waals surface area contributed by atoms with Crippen molar-refractivity contribution in [2.24, 2.45) is 16.5 Å². The third-order valence-electron chi connectivity index (χ3n) is 2.71. The third kappa shape index (κ3) is 6.51. The fourth-order valence-corrected chi connectivity index (χ4v) is 1.79. The largest absolute Gasteiger partial charge is 0.481 e. The summed E-state index contributed by atoms with van der Waals surface area (Å²) in [5, 5.41) is 11.0. The Morgan fingerprint density at radius 1 is 1.32 bits per heavy atom. The van der Waals surface area contributed by atoms with Crippen LogP contribution in [-0.4, -0.2) is 35.3 Å². The van der Waals surface area contributed by atoms with Crippen molar-refractivity contribution in [1.29, 1.82) is 0 Å². The number of hydrogen-bond donors (Lipinski definition) is 4. The summed E-state index contributed by atoms with van der Waals surface area (Å²) in [5.41, 5.74) is 12.0. The predicted octanol–water partition coefficient (Wildman–Crippen LogP) is -0.839. The first kappa shape index (κ1) is 17.2. The Hall–Kier alpha value is -2.90. The average Bonchev–Trinajstić information content (AvgIpc) is 2.44. The summed E-state index contributed by atoms with van der Waals surface area (Å²) in [6.07, 6.45) is -0.0133. The van der Waals surface area contributed by atoms with Crippen molar-refractivity contribution in [2.45, 2.75) is 25.4 Å². The number of aliphatic imine (C=N–C) groups is 1. The lowest BCUT2D eigenvalue weighted by Crippen LogP contribution is -2.38. The van der Waals surface area contributed by atoms with E-state index in [1.54, 1.807) is 18.2 Å². The molecule has 0 bridgehead atoms. The molecular weight excluding hydrogens is 288 g/mol. The predicted molar refractivity (Wildman–Crippen MR) is 79.9 cm³/mol. The number of carbonyl (C=O) groups excluding carboxylic acids is 2. The van der Waals surface area contributed by atoms with Crippen LogP contribution in [0, 0.1) is 0 Å². The van der Waals surface area contributed by atoms with Crippen LogP contribution in [0.4, 0.5) is 0 Å². The van der Waals surface area contributed by atoms with Crippen LogP contribution in [0.2, 0.25) is 0 Å². The molecular formula is C14H18N4O4. The third-order valence-corrected chi connectivity index (χ3v) is 2.71. The molecule has 0 fully saturated rings. The van der Waals surface area contributed by atoms with E-state index in [9.17, 15) is 14.4 Å². The number of aliphatic carboxylic acids is 1. The molecule has 22 heavy (non-hydrogen) atoms. The van der Waals surface area contributed by atoms with Crippen molar-refractivity contribution < 1.29 is 19.5 Å². The molecule has 0 spiro atoms. The number of aldehydes is 1. The van der Waals surface area contributed by atoms with Crippen LogP contribution < -0.4 is 16.8 Å². The van der Waals surface area contributed by atoms with Gasteiger partial charge in [0.05, 0.1) is 25.4 Å². The van der Waals surface area contributed by atoms with Gasteiger partial charge in [0.15, 0.2) is 5.96 Å². The quantitative estimate of drug-likeness (QED) is 0.279. The van der Waals surface area contributed by atoms with Gasteiger partial charge in [-0.1, -0.05) is 24.3 Å². The van der Waals surface area contributed by atoms with E-state index in [1.807, 2.05) is 6.07 Å². The standard InChI is InChI=1S/C14H18N4O4/c15-14(16)17-7-10-3-1-2-9(4-10)5-12(20)18-11(8-19)6-13(21)22/h1-4,8,11H,5-7H2,(H,18,20)(H,21,22)(H4,15,16,17)/t11-/m0/s1. The molecule has 0 unspecified atom stereocenters. The number of carboxylic acids is 1. The van der Waals surface area contributed by atoms with E-state index < -0.39 is 24.3 Å². The van der Waals surface area contributed by atoms with Crippen molar-refractivity contribution in [3.63, 3.8) is 0 Å². The Labute approximate surface area is 127 Å². The number of nitrogens with zero attached hydrogens (tertiary/aromatic N) is 1. The number of nitrogens with two attached hydrogens (primary N) is 2. The summed E-state index contributed by atoms with van der Waals surface area (Å²) in [6, 6.07) is 6.04. The molecule has 0 heterocycles. The molecule has 118 valence electrons. The van der Waals surface area contributed by atoms with Crippen LogP contribution in [0.3, 0.4) is 0 Å². The van der Waals surface area contributed by atoms with Crippen molar-refractivity contribution in [2.75, 3.05) is 0 Å². The first-order chi connectivity index (χ1) is 10.4. The van der Waals surface area contributed by atoms with Gasteiger partial charge in [-0.3, -0.25) is 9.59 Å². The highest BCUT2D eigenvalue weighted by molar-refractivity contribution is 5.83. The fraction of sp³-hybridized carbons (Fsp3) is 0.286. The molecule has 8 nitrogen and oxygen atoms in total. The van der Waals surface area contributed by atoms with Crippen LogP contribution in [-0.2, 0) is 27.3 Å². The van der Waals surface area contributed by atoms with Crippen LogP contribution >= 0.6 is 0 Å². The molecule has 0 aliphatic rings. The van der Waals surface area contributed by atoms with Gasteiger partial charge < -0.3 is 26.7 Å². The van der Waals surface area contributed by atoms with E-state index in [2.05, 4.69) is 10.3 Å². The first-order valence-corrected chi connectivity index (χ1v) is 6.50. The van der Waals surface area contributed by atoms with Gasteiger partial charge in [0, 0.05) is 0 Å². The molecule has 6 N–H and O–H groups in total. The Kier molecular flexibility index (Phi) is 6.55. The molecule has 1 aromatic rings. The maximum Gasteiger partial charge on any atom is 0.305 e. The van der Waals surface area contributed by atoms with E-state index >= 15 is 0 Å². The normalized spacial score (nSPS) is 11.3. The highest BCUT2D eigenvalue weighted by atomic mass is 16.4. The maximum atomic E-state index is 11.8. The molecule has 1 amide bonds. The molecule has 1 aromatic carbocycles. The zero-order valence-corrected chi connectivity index (χ0v) is 11.9. The summed E-state index contributed by atoms with van der Waals surface area (Å²) >= 11 is 0. The van der Waals surface area contributed by atoms with Crippen LogP contribution in [0.25, 0.3) is 0 Å². The maximum absolute atomic E-state index is 11.8. The highest BCUT2D eigenvalue weighted by Crippen LogP contribution is 2.07. The minimum absolute atomic E-state index is 0.0226. The topological polar surface area (TPSA) is 148 Å². The van der Waals surface area contributed by atoms with Crippen molar-refractivity contribution in [3.05, 3.63) is 35.4 Å². The second kappa shape index (κ2) is 8.40. The summed E-state index contributed by atoms with van der Waals surface area (Å²) in [4.78, 5) is 36.9. The second-order valence-corrected chi connectivity index (χ2v) is 4.65. The molecule has 1 atom stereocenters. The number of rotatable bonds is 8. The minimum Gasteiger partial charge on any atom is -0.481 e. The molecule has 0 saturated carbocycles. The Morgan fingerprint density at radius 3 is 2.59 bits per heavy atom. The van der Waals surface area contributed by atoms with Gasteiger partial charge >= 0.3 is 5.97 Å². The number of guanidine groups is 1. The first-order valence-electron chi connectivity index (χ1n) is 6.50. The van der Waals surface area contributed by atoms with Gasteiger partial charge in [0.1, 0.15) is 6.29 Å². The highest BCUT2D eigenvalue weighted by Gasteiger charge is 2.15. The number of nitrogens with one attached hydrogen (secondary N) is 1. The molecule has 8 heteroatoms. The van der Waals surface area contributed by atoms with E-state index in [1.165, 1.54) is 0 Å². The van der Waals surface area contributed by atoms with Crippen molar-refractivity contribution >= 4 is 24.1 Å². The fourth-order valence-electron chi connectivity index (χ4n) is 1.79. The molecule has 0 aromatic heterocycles. The number of hydrogen-bond acceptors (Lipinski definition) is 4. The number of amides is 1. The SMILES string of the molecule is NC(N)=NCc1cccc(CC(=O)N[C@H](C=O)CC(=O)O)c1. The number of benzene rings is 1. The van der Waals surface area contributed by atoms with E-state index in [-0.39, 0.29) is 12.4 Å². The number of carbonyl (C=O) groups is 3.